The maximum absolute atomic E-state index is 12.1. The largest absolute Gasteiger partial charge is 0.475 e. The number of carboxylic acids is 1. The Kier molecular flexibility index (Phi) is 3.53. The first-order valence-electron chi connectivity index (χ1n) is 5.64. The summed E-state index contributed by atoms with van der Waals surface area (Å²) in [6, 6.07) is 11.0. The minimum absolute atomic E-state index is 0.0766. The molecule has 0 aliphatic heterocycles. The first kappa shape index (κ1) is 13.4. The molecule has 0 fully saturated rings. The molecule has 0 bridgehead atoms. The van der Waals surface area contributed by atoms with Crippen LogP contribution in [0.15, 0.2) is 40.8 Å². The summed E-state index contributed by atoms with van der Waals surface area (Å²) in [6.45, 7) is 0. The average molecular weight is 270 g/mol. The van der Waals surface area contributed by atoms with Crippen LogP contribution in [0.3, 0.4) is 0 Å². The monoisotopic (exact) mass is 270 g/mol. The third-order valence-electron chi connectivity index (χ3n) is 2.69. The number of carboxylic acid groups (broad SMARTS) is 1. The van der Waals surface area contributed by atoms with E-state index in [9.17, 15) is 9.59 Å². The van der Waals surface area contributed by atoms with E-state index in [1.165, 1.54) is 24.1 Å². The minimum Gasteiger partial charge on any atom is -0.475 e. The van der Waals surface area contributed by atoms with Gasteiger partial charge in [-0.2, -0.15) is 5.26 Å². The Labute approximate surface area is 114 Å². The Morgan fingerprint density at radius 1 is 1.25 bits per heavy atom. The van der Waals surface area contributed by atoms with Crippen molar-refractivity contribution in [1.29, 1.82) is 5.26 Å². The molecule has 1 N–H and O–H groups in total. The highest BCUT2D eigenvalue weighted by Crippen LogP contribution is 2.18. The lowest BCUT2D eigenvalue weighted by Crippen LogP contribution is -2.25. The molecule has 0 aliphatic carbocycles. The van der Waals surface area contributed by atoms with Crippen molar-refractivity contribution >= 4 is 17.6 Å². The van der Waals surface area contributed by atoms with E-state index >= 15 is 0 Å². The molecule has 1 aromatic heterocycles. The highest BCUT2D eigenvalue weighted by atomic mass is 16.4. The summed E-state index contributed by atoms with van der Waals surface area (Å²) in [6.07, 6.45) is 0. The van der Waals surface area contributed by atoms with Gasteiger partial charge in [0.1, 0.15) is 0 Å². The minimum atomic E-state index is -1.24. The van der Waals surface area contributed by atoms with Gasteiger partial charge in [0.25, 0.3) is 5.91 Å². The average Bonchev–Trinajstić information content (AvgIpc) is 2.95. The van der Waals surface area contributed by atoms with Crippen molar-refractivity contribution in [2.24, 2.45) is 0 Å². The second-order valence-corrected chi connectivity index (χ2v) is 4.00. The molecule has 1 aromatic carbocycles. The zero-order valence-electron chi connectivity index (χ0n) is 10.5. The van der Waals surface area contributed by atoms with E-state index in [1.54, 1.807) is 24.3 Å². The molecule has 0 atom stereocenters. The SMILES string of the molecule is CN(C(=O)c1ccc(C(=O)O)o1)c1cccc(C#N)c1. The van der Waals surface area contributed by atoms with Gasteiger partial charge in [0.2, 0.25) is 5.76 Å². The van der Waals surface area contributed by atoms with Gasteiger partial charge in [0.05, 0.1) is 11.6 Å². The lowest BCUT2D eigenvalue weighted by atomic mass is 10.2. The maximum Gasteiger partial charge on any atom is 0.371 e. The highest BCUT2D eigenvalue weighted by Gasteiger charge is 2.19. The van der Waals surface area contributed by atoms with E-state index in [2.05, 4.69) is 0 Å². The molecular formula is C14H10N2O4. The fourth-order valence-corrected chi connectivity index (χ4v) is 1.63. The van der Waals surface area contributed by atoms with Gasteiger partial charge in [-0.05, 0) is 30.3 Å². The Bertz CT molecular complexity index is 712. The van der Waals surface area contributed by atoms with Gasteiger partial charge < -0.3 is 14.4 Å². The molecule has 2 rings (SSSR count). The van der Waals surface area contributed by atoms with Crippen molar-refractivity contribution in [2.45, 2.75) is 0 Å². The molecule has 6 nitrogen and oxygen atoms in total. The van der Waals surface area contributed by atoms with Crippen LogP contribution in [0, 0.1) is 11.3 Å². The molecule has 0 aliphatic rings. The third-order valence-corrected chi connectivity index (χ3v) is 2.69. The maximum atomic E-state index is 12.1. The highest BCUT2D eigenvalue weighted by molar-refractivity contribution is 6.04. The zero-order valence-corrected chi connectivity index (χ0v) is 10.5. The van der Waals surface area contributed by atoms with Gasteiger partial charge in [0.15, 0.2) is 5.76 Å². The molecule has 0 spiro atoms. The summed E-state index contributed by atoms with van der Waals surface area (Å²) in [4.78, 5) is 24.1. The van der Waals surface area contributed by atoms with Gasteiger partial charge in [-0.15, -0.1) is 0 Å². The van der Waals surface area contributed by atoms with E-state index in [1.807, 2.05) is 6.07 Å². The number of carbonyl (C=O) groups is 2. The van der Waals surface area contributed by atoms with Crippen LogP contribution in [-0.2, 0) is 0 Å². The molecule has 20 heavy (non-hydrogen) atoms. The first-order chi connectivity index (χ1) is 9.52. The number of carbonyl (C=O) groups excluding carboxylic acids is 1. The first-order valence-corrected chi connectivity index (χ1v) is 5.64. The number of nitrogens with zero attached hydrogens (tertiary/aromatic N) is 2. The third kappa shape index (κ3) is 2.52. The van der Waals surface area contributed by atoms with Crippen molar-refractivity contribution in [3.63, 3.8) is 0 Å². The number of anilines is 1. The van der Waals surface area contributed by atoms with Crippen LogP contribution in [0.4, 0.5) is 5.69 Å². The fourth-order valence-electron chi connectivity index (χ4n) is 1.63. The van der Waals surface area contributed by atoms with Crippen molar-refractivity contribution < 1.29 is 19.1 Å². The molecule has 0 unspecified atom stereocenters. The van der Waals surface area contributed by atoms with E-state index < -0.39 is 11.9 Å². The summed E-state index contributed by atoms with van der Waals surface area (Å²) in [7, 11) is 1.52. The summed E-state index contributed by atoms with van der Waals surface area (Å²) in [5.74, 6) is -2.11. The van der Waals surface area contributed by atoms with Crippen LogP contribution < -0.4 is 4.90 Å². The second kappa shape index (κ2) is 5.28. The van der Waals surface area contributed by atoms with Crippen LogP contribution >= 0.6 is 0 Å². The molecule has 0 saturated heterocycles. The second-order valence-electron chi connectivity index (χ2n) is 4.00. The number of benzene rings is 1. The molecular weight excluding hydrogens is 260 g/mol. The van der Waals surface area contributed by atoms with E-state index in [0.717, 1.165) is 0 Å². The van der Waals surface area contributed by atoms with Gasteiger partial charge in [-0.25, -0.2) is 4.79 Å². The van der Waals surface area contributed by atoms with Crippen molar-refractivity contribution in [2.75, 3.05) is 11.9 Å². The number of rotatable bonds is 3. The normalized spacial score (nSPS) is 9.80. The number of aromatic carboxylic acids is 1. The molecule has 1 amide bonds. The fraction of sp³-hybridized carbons (Fsp3) is 0.0714. The van der Waals surface area contributed by atoms with Crippen LogP contribution in [0.5, 0.6) is 0 Å². The summed E-state index contributed by atoms with van der Waals surface area (Å²) in [5.41, 5.74) is 0.940. The molecule has 1 heterocycles. The Morgan fingerprint density at radius 3 is 2.55 bits per heavy atom. The summed E-state index contributed by atoms with van der Waals surface area (Å²) in [5, 5.41) is 17.6. The van der Waals surface area contributed by atoms with E-state index in [-0.39, 0.29) is 11.5 Å². The molecule has 6 heteroatoms. The van der Waals surface area contributed by atoms with Crippen LogP contribution in [0.25, 0.3) is 0 Å². The van der Waals surface area contributed by atoms with Crippen LogP contribution in [0.1, 0.15) is 26.7 Å². The van der Waals surface area contributed by atoms with E-state index in [0.29, 0.717) is 11.3 Å². The van der Waals surface area contributed by atoms with Gasteiger partial charge >= 0.3 is 5.97 Å². The molecule has 0 saturated carbocycles. The van der Waals surface area contributed by atoms with E-state index in [4.69, 9.17) is 14.8 Å². The van der Waals surface area contributed by atoms with Gasteiger partial charge in [-0.1, -0.05) is 6.07 Å². The predicted octanol–water partition coefficient (Wildman–Crippen LogP) is 2.13. The van der Waals surface area contributed by atoms with Crippen LogP contribution in [0.2, 0.25) is 0 Å². The smallest absolute Gasteiger partial charge is 0.371 e. The van der Waals surface area contributed by atoms with Gasteiger partial charge in [-0.3, -0.25) is 4.79 Å². The van der Waals surface area contributed by atoms with Gasteiger partial charge in [0, 0.05) is 12.7 Å². The predicted molar refractivity (Wildman–Crippen MR) is 69.6 cm³/mol. The van der Waals surface area contributed by atoms with Crippen molar-refractivity contribution in [3.05, 3.63) is 53.5 Å². The van der Waals surface area contributed by atoms with Crippen LogP contribution in [-0.4, -0.2) is 24.0 Å². The molecule has 100 valence electrons. The van der Waals surface area contributed by atoms with Crippen molar-refractivity contribution in [1.82, 2.24) is 0 Å². The Balaban J connectivity index is 2.27. The lowest BCUT2D eigenvalue weighted by molar-refractivity contribution is 0.0660. The number of nitriles is 1. The molecule has 0 radical (unpaired) electrons. The lowest BCUT2D eigenvalue weighted by Gasteiger charge is -2.15. The topological polar surface area (TPSA) is 94.5 Å². The standard InChI is InChI=1S/C14H10N2O4/c1-16(10-4-2-3-9(7-10)8-15)13(17)11-5-6-12(20-11)14(18)19/h2-7H,1H3,(H,18,19). The number of furan rings is 1. The zero-order chi connectivity index (χ0) is 14.7. The summed E-state index contributed by atoms with van der Waals surface area (Å²) >= 11 is 0. The quantitative estimate of drug-likeness (QED) is 0.921. The number of amides is 1. The molecule has 2 aromatic rings. The Hall–Kier alpha value is -3.07. The summed E-state index contributed by atoms with van der Waals surface area (Å²) < 4.78 is 4.95. The van der Waals surface area contributed by atoms with Crippen molar-refractivity contribution in [3.8, 4) is 6.07 Å². The Morgan fingerprint density at radius 2 is 1.95 bits per heavy atom. The number of hydrogen-bond donors (Lipinski definition) is 1. The number of hydrogen-bond acceptors (Lipinski definition) is 4.